The monoisotopic (exact) mass is 165 g/mol. The van der Waals surface area contributed by atoms with Crippen molar-refractivity contribution in [2.75, 3.05) is 0 Å². The summed E-state index contributed by atoms with van der Waals surface area (Å²) in [6.45, 7) is 0. The Bertz CT molecular complexity index is 77.1. The Hall–Kier alpha value is -0.0265. The molecule has 0 aromatic carbocycles. The first-order chi connectivity index (χ1) is 4.00. The van der Waals surface area contributed by atoms with Crippen LogP contribution in [0.4, 0.5) is 0 Å². The Morgan fingerprint density at radius 2 is 1.78 bits per heavy atom. The Morgan fingerprint density at radius 3 is 2.67 bits per heavy atom. The summed E-state index contributed by atoms with van der Waals surface area (Å²) in [5.74, 6) is 0. The zero-order chi connectivity index (χ0) is 5.66. The van der Waals surface area contributed by atoms with Gasteiger partial charge in [-0.25, -0.2) is 0 Å². The van der Waals surface area contributed by atoms with Crippen LogP contribution in [0.3, 0.4) is 0 Å². The van der Waals surface area contributed by atoms with Gasteiger partial charge in [-0.2, -0.15) is 6.42 Å². The maximum absolute atomic E-state index is 3.21. The van der Waals surface area contributed by atoms with E-state index in [0.29, 0.717) is 0 Å². The molecule has 0 radical (unpaired) electrons. The Kier molecular flexibility index (Phi) is 6.08. The van der Waals surface area contributed by atoms with Crippen LogP contribution in [0.5, 0.6) is 0 Å². The summed E-state index contributed by atoms with van der Waals surface area (Å²) >= 11 is 0. The molecule has 1 heteroatoms. The zero-order valence-corrected chi connectivity index (χ0v) is 6.36. The van der Waals surface area contributed by atoms with Gasteiger partial charge in [0.25, 0.3) is 0 Å². The molecule has 1 rings (SSSR count). The third-order valence-corrected chi connectivity index (χ3v) is 1.24. The van der Waals surface area contributed by atoms with E-state index in [1.54, 1.807) is 0 Å². The van der Waals surface area contributed by atoms with Crippen molar-refractivity contribution in [1.29, 1.82) is 0 Å². The van der Waals surface area contributed by atoms with E-state index in [1.165, 1.54) is 19.3 Å². The van der Waals surface area contributed by atoms with Crippen molar-refractivity contribution in [1.82, 2.24) is 0 Å². The van der Waals surface area contributed by atoms with Gasteiger partial charge in [0.15, 0.2) is 0 Å². The maximum atomic E-state index is 3.21. The zero-order valence-electron chi connectivity index (χ0n) is 5.38. The first-order valence-corrected chi connectivity index (χ1v) is 3.20. The van der Waals surface area contributed by atoms with Gasteiger partial charge in [-0.1, -0.05) is 25.0 Å². The predicted molar refractivity (Wildman–Crippen MR) is 35.4 cm³/mol. The second-order valence-corrected chi connectivity index (χ2v) is 2.00. The molecule has 9 heavy (non-hydrogen) atoms. The molecule has 0 atom stereocenters. The van der Waals surface area contributed by atoms with E-state index in [0.717, 1.165) is 6.42 Å². The summed E-state index contributed by atoms with van der Waals surface area (Å²) in [6, 6.07) is 0. The van der Waals surface area contributed by atoms with E-state index >= 15 is 0 Å². The minimum Gasteiger partial charge on any atom is -0.500 e. The average molecular weight is 166 g/mol. The van der Waals surface area contributed by atoms with Crippen molar-refractivity contribution < 1.29 is 16.5 Å². The summed E-state index contributed by atoms with van der Waals surface area (Å²) in [4.78, 5) is 0. The Morgan fingerprint density at radius 1 is 1.00 bits per heavy atom. The van der Waals surface area contributed by atoms with Crippen LogP contribution in [0.1, 0.15) is 25.7 Å². The quantitative estimate of drug-likeness (QED) is 0.294. The molecule has 0 spiro atoms. The Balaban J connectivity index is 0.000000640. The van der Waals surface area contributed by atoms with Crippen LogP contribution < -0.4 is 0 Å². The summed E-state index contributed by atoms with van der Waals surface area (Å²) in [5.41, 5.74) is 0. The molecule has 0 fully saturated rings. The van der Waals surface area contributed by atoms with Crippen molar-refractivity contribution in [3.63, 3.8) is 0 Å². The van der Waals surface area contributed by atoms with Crippen LogP contribution in [-0.4, -0.2) is 0 Å². The van der Waals surface area contributed by atoms with Crippen LogP contribution in [0.2, 0.25) is 0 Å². The van der Waals surface area contributed by atoms with Gasteiger partial charge in [-0.05, 0) is 6.42 Å². The standard InChI is InChI=1S/C8H11.Ni/c1-2-4-6-8-7-5-3-1;/h1-2,7H,3-6H2;/q-1;/b2-1-;. The van der Waals surface area contributed by atoms with Gasteiger partial charge in [-0.3, -0.25) is 6.08 Å². The first kappa shape index (κ1) is 8.97. The third-order valence-electron chi connectivity index (χ3n) is 1.24. The van der Waals surface area contributed by atoms with E-state index < -0.39 is 0 Å². The van der Waals surface area contributed by atoms with E-state index in [4.69, 9.17) is 0 Å². The van der Waals surface area contributed by atoms with Crippen molar-refractivity contribution >= 4 is 0 Å². The van der Waals surface area contributed by atoms with E-state index in [-0.39, 0.29) is 16.5 Å². The predicted octanol–water partition coefficient (Wildman–Crippen LogP) is 2.47. The fraction of sp³-hybridized carbons (Fsp3) is 0.500. The second-order valence-electron chi connectivity index (χ2n) is 2.00. The fourth-order valence-corrected chi connectivity index (χ4v) is 0.786. The number of hydrogen-bond donors (Lipinski definition) is 0. The van der Waals surface area contributed by atoms with E-state index in [1.807, 2.05) is 0 Å². The van der Waals surface area contributed by atoms with Gasteiger partial charge >= 0.3 is 0 Å². The van der Waals surface area contributed by atoms with Crippen LogP contribution in [0, 0.1) is 6.08 Å². The molecule has 0 heterocycles. The van der Waals surface area contributed by atoms with Crippen molar-refractivity contribution in [2.45, 2.75) is 25.7 Å². The molecule has 0 amide bonds. The SMILES string of the molecule is [C-]1=CCC/C=C\CC1.[Ni]. The smallest absolute Gasteiger partial charge is 0 e. The molecule has 0 unspecified atom stereocenters. The molecule has 0 aromatic heterocycles. The van der Waals surface area contributed by atoms with E-state index in [9.17, 15) is 0 Å². The summed E-state index contributed by atoms with van der Waals surface area (Å²) in [6.07, 6.45) is 14.5. The topological polar surface area (TPSA) is 0 Å². The van der Waals surface area contributed by atoms with Crippen LogP contribution >= 0.6 is 0 Å². The fourth-order valence-electron chi connectivity index (χ4n) is 0.786. The third kappa shape index (κ3) is 4.48. The molecule has 0 saturated carbocycles. The molecular weight excluding hydrogens is 155 g/mol. The molecule has 0 saturated heterocycles. The molecule has 0 aromatic rings. The number of rotatable bonds is 0. The minimum absolute atomic E-state index is 0. The molecule has 0 N–H and O–H groups in total. The molecule has 0 bridgehead atoms. The summed E-state index contributed by atoms with van der Waals surface area (Å²) < 4.78 is 0. The van der Waals surface area contributed by atoms with Crippen LogP contribution in [0.25, 0.3) is 0 Å². The van der Waals surface area contributed by atoms with Gasteiger partial charge in [0, 0.05) is 16.5 Å². The van der Waals surface area contributed by atoms with E-state index in [2.05, 4.69) is 24.3 Å². The minimum atomic E-state index is 0. The molecule has 54 valence electrons. The molecular formula is C8H11Ni-. The largest absolute Gasteiger partial charge is 0.500 e. The van der Waals surface area contributed by atoms with Crippen LogP contribution in [0.15, 0.2) is 18.2 Å². The summed E-state index contributed by atoms with van der Waals surface area (Å²) in [7, 11) is 0. The average Bonchev–Trinajstić information content (AvgIpc) is 1.62. The summed E-state index contributed by atoms with van der Waals surface area (Å²) in [5, 5.41) is 0. The van der Waals surface area contributed by atoms with Gasteiger partial charge in [0.05, 0.1) is 0 Å². The van der Waals surface area contributed by atoms with Crippen molar-refractivity contribution in [3.05, 3.63) is 24.3 Å². The second kappa shape index (κ2) is 6.10. The molecule has 0 aliphatic heterocycles. The van der Waals surface area contributed by atoms with Gasteiger partial charge in [0.2, 0.25) is 0 Å². The maximum Gasteiger partial charge on any atom is 0 e. The first-order valence-electron chi connectivity index (χ1n) is 3.20. The molecule has 1 aliphatic carbocycles. The number of hydrogen-bond acceptors (Lipinski definition) is 0. The van der Waals surface area contributed by atoms with Gasteiger partial charge in [-0.15, -0.1) is 0 Å². The normalized spacial score (nSPS) is 21.3. The van der Waals surface area contributed by atoms with Crippen LogP contribution in [-0.2, 0) is 16.5 Å². The van der Waals surface area contributed by atoms with Gasteiger partial charge < -0.3 is 6.08 Å². The van der Waals surface area contributed by atoms with Gasteiger partial charge in [0.1, 0.15) is 0 Å². The van der Waals surface area contributed by atoms with Crippen molar-refractivity contribution in [2.24, 2.45) is 0 Å². The molecule has 1 aliphatic rings. The molecule has 0 nitrogen and oxygen atoms in total. The number of allylic oxidation sites excluding steroid dienone is 4. The van der Waals surface area contributed by atoms with Crippen molar-refractivity contribution in [3.8, 4) is 0 Å². The Labute approximate surface area is 67.0 Å².